The van der Waals surface area contributed by atoms with Gasteiger partial charge in [0.25, 0.3) is 0 Å². The summed E-state index contributed by atoms with van der Waals surface area (Å²) in [5.41, 5.74) is -0.315. The fourth-order valence-electron chi connectivity index (χ4n) is 1.27. The fraction of sp³-hybridized carbons (Fsp3) is 0.700. The summed E-state index contributed by atoms with van der Waals surface area (Å²) in [4.78, 5) is 14.1. The largest absolute Gasteiger partial charge is 0.388 e. The SMILES string of the molecule is Cc1ncc([N+](=O)[O-])n1CC(O)C(C)(C)C. The summed E-state index contributed by atoms with van der Waals surface area (Å²) in [6.07, 6.45) is 0.559. The smallest absolute Gasteiger partial charge is 0.342 e. The number of hydrogen-bond donors (Lipinski definition) is 1. The molecule has 0 aromatic carbocycles. The number of aliphatic hydroxyl groups is 1. The molecule has 0 radical (unpaired) electrons. The molecule has 16 heavy (non-hydrogen) atoms. The summed E-state index contributed by atoms with van der Waals surface area (Å²) in [5.74, 6) is 0.454. The van der Waals surface area contributed by atoms with Crippen LogP contribution < -0.4 is 0 Å². The average Bonchev–Trinajstić information content (AvgIpc) is 2.46. The van der Waals surface area contributed by atoms with Gasteiger partial charge >= 0.3 is 5.82 Å². The Labute approximate surface area is 94.1 Å². The van der Waals surface area contributed by atoms with Crippen molar-refractivity contribution in [2.24, 2.45) is 5.41 Å². The fourth-order valence-corrected chi connectivity index (χ4v) is 1.27. The van der Waals surface area contributed by atoms with Crippen molar-refractivity contribution in [3.8, 4) is 0 Å². The topological polar surface area (TPSA) is 81.2 Å². The normalized spacial score (nSPS) is 13.8. The molecule has 0 spiro atoms. The van der Waals surface area contributed by atoms with Gasteiger partial charge in [-0.25, -0.2) is 9.55 Å². The summed E-state index contributed by atoms with van der Waals surface area (Å²) < 4.78 is 1.43. The highest BCUT2D eigenvalue weighted by Crippen LogP contribution is 2.23. The summed E-state index contributed by atoms with van der Waals surface area (Å²) in [6, 6.07) is 0. The van der Waals surface area contributed by atoms with Crippen LogP contribution in [0.1, 0.15) is 26.6 Å². The second kappa shape index (κ2) is 4.21. The second-order valence-corrected chi connectivity index (χ2v) is 4.91. The molecule has 0 aliphatic rings. The van der Waals surface area contributed by atoms with E-state index in [0.717, 1.165) is 0 Å². The minimum Gasteiger partial charge on any atom is -0.388 e. The average molecular weight is 227 g/mol. The number of aryl methyl sites for hydroxylation is 1. The molecule has 0 saturated carbocycles. The van der Waals surface area contributed by atoms with Crippen LogP contribution in [-0.2, 0) is 6.54 Å². The molecule has 0 fully saturated rings. The molecule has 1 heterocycles. The molecule has 1 unspecified atom stereocenters. The predicted molar refractivity (Wildman–Crippen MR) is 59.1 cm³/mol. The highest BCUT2D eigenvalue weighted by atomic mass is 16.6. The number of rotatable bonds is 3. The van der Waals surface area contributed by atoms with Gasteiger partial charge in [0.15, 0.2) is 5.82 Å². The third-order valence-corrected chi connectivity index (χ3v) is 2.58. The van der Waals surface area contributed by atoms with E-state index in [1.807, 2.05) is 20.8 Å². The number of nitro groups is 1. The maximum absolute atomic E-state index is 10.7. The minimum atomic E-state index is -0.654. The van der Waals surface area contributed by atoms with Crippen LogP contribution in [0.4, 0.5) is 5.82 Å². The lowest BCUT2D eigenvalue weighted by Gasteiger charge is -2.24. The second-order valence-electron chi connectivity index (χ2n) is 4.91. The van der Waals surface area contributed by atoms with E-state index in [2.05, 4.69) is 4.98 Å². The standard InChI is InChI=1S/C10H17N3O3/c1-7-11-5-9(13(15)16)12(7)6-8(14)10(2,3)4/h5,8,14H,6H2,1-4H3. The van der Waals surface area contributed by atoms with Crippen molar-refractivity contribution < 1.29 is 10.0 Å². The van der Waals surface area contributed by atoms with E-state index in [1.165, 1.54) is 10.8 Å². The zero-order chi connectivity index (χ0) is 12.5. The molecule has 90 valence electrons. The van der Waals surface area contributed by atoms with Gasteiger partial charge in [-0.15, -0.1) is 0 Å². The van der Waals surface area contributed by atoms with Gasteiger partial charge < -0.3 is 15.2 Å². The van der Waals surface area contributed by atoms with Gasteiger partial charge in [-0.1, -0.05) is 20.8 Å². The Kier molecular flexibility index (Phi) is 3.32. The molecule has 1 atom stereocenters. The number of aliphatic hydroxyl groups excluding tert-OH is 1. The van der Waals surface area contributed by atoms with Crippen molar-refractivity contribution >= 4 is 5.82 Å². The van der Waals surface area contributed by atoms with E-state index in [9.17, 15) is 15.2 Å². The first-order valence-corrected chi connectivity index (χ1v) is 5.08. The molecule has 1 aromatic rings. The van der Waals surface area contributed by atoms with Crippen molar-refractivity contribution in [1.82, 2.24) is 9.55 Å². The summed E-state index contributed by atoms with van der Waals surface area (Å²) in [6.45, 7) is 7.52. The summed E-state index contributed by atoms with van der Waals surface area (Å²) >= 11 is 0. The van der Waals surface area contributed by atoms with Crippen LogP contribution in [0.15, 0.2) is 6.20 Å². The number of imidazole rings is 1. The van der Waals surface area contributed by atoms with Crippen molar-refractivity contribution in [2.45, 2.75) is 40.3 Å². The van der Waals surface area contributed by atoms with Crippen LogP contribution in [-0.4, -0.2) is 25.7 Å². The zero-order valence-corrected chi connectivity index (χ0v) is 9.97. The summed E-state index contributed by atoms with van der Waals surface area (Å²) in [7, 11) is 0. The lowest BCUT2D eigenvalue weighted by Crippen LogP contribution is -2.31. The van der Waals surface area contributed by atoms with Gasteiger partial charge in [0.2, 0.25) is 0 Å². The maximum Gasteiger partial charge on any atom is 0.342 e. The Morgan fingerprint density at radius 3 is 2.62 bits per heavy atom. The molecule has 1 N–H and O–H groups in total. The molecule has 0 aliphatic carbocycles. The molecule has 0 saturated heterocycles. The number of hydrogen-bond acceptors (Lipinski definition) is 4. The van der Waals surface area contributed by atoms with Crippen molar-refractivity contribution in [2.75, 3.05) is 0 Å². The number of nitrogens with zero attached hydrogens (tertiary/aromatic N) is 3. The highest BCUT2D eigenvalue weighted by Gasteiger charge is 2.28. The Hall–Kier alpha value is -1.43. The Morgan fingerprint density at radius 1 is 1.62 bits per heavy atom. The monoisotopic (exact) mass is 227 g/mol. The van der Waals surface area contributed by atoms with Gasteiger partial charge in [0.1, 0.15) is 12.7 Å². The molecule has 0 bridgehead atoms. The van der Waals surface area contributed by atoms with E-state index in [4.69, 9.17) is 0 Å². The van der Waals surface area contributed by atoms with Crippen LogP contribution in [0.2, 0.25) is 0 Å². The third kappa shape index (κ3) is 2.57. The molecular weight excluding hydrogens is 210 g/mol. The Morgan fingerprint density at radius 2 is 2.19 bits per heavy atom. The van der Waals surface area contributed by atoms with Crippen LogP contribution in [0, 0.1) is 22.5 Å². The van der Waals surface area contributed by atoms with E-state index in [0.29, 0.717) is 5.82 Å². The first kappa shape index (κ1) is 12.6. The number of aromatic nitrogens is 2. The zero-order valence-electron chi connectivity index (χ0n) is 9.97. The lowest BCUT2D eigenvalue weighted by atomic mass is 9.89. The molecule has 1 aromatic heterocycles. The lowest BCUT2D eigenvalue weighted by molar-refractivity contribution is -0.392. The third-order valence-electron chi connectivity index (χ3n) is 2.58. The quantitative estimate of drug-likeness (QED) is 0.626. The van der Waals surface area contributed by atoms with Crippen molar-refractivity contribution in [3.05, 3.63) is 22.1 Å². The van der Waals surface area contributed by atoms with Gasteiger partial charge in [0, 0.05) is 6.92 Å². The molecular formula is C10H17N3O3. The molecule has 6 heteroatoms. The van der Waals surface area contributed by atoms with Gasteiger partial charge in [0.05, 0.1) is 6.10 Å². The highest BCUT2D eigenvalue weighted by molar-refractivity contribution is 5.18. The molecule has 1 rings (SSSR count). The van der Waals surface area contributed by atoms with Crippen LogP contribution in [0.3, 0.4) is 0 Å². The van der Waals surface area contributed by atoms with Gasteiger partial charge in [-0.3, -0.25) is 0 Å². The van der Waals surface area contributed by atoms with Crippen molar-refractivity contribution in [1.29, 1.82) is 0 Å². The molecule has 0 amide bonds. The van der Waals surface area contributed by atoms with Crippen LogP contribution in [0.25, 0.3) is 0 Å². The first-order valence-electron chi connectivity index (χ1n) is 5.08. The minimum absolute atomic E-state index is 0.0826. The van der Waals surface area contributed by atoms with E-state index >= 15 is 0 Å². The molecule has 0 aliphatic heterocycles. The van der Waals surface area contributed by atoms with E-state index in [-0.39, 0.29) is 17.8 Å². The van der Waals surface area contributed by atoms with Crippen LogP contribution >= 0.6 is 0 Å². The van der Waals surface area contributed by atoms with E-state index in [1.54, 1.807) is 6.92 Å². The van der Waals surface area contributed by atoms with Crippen molar-refractivity contribution in [3.63, 3.8) is 0 Å². The van der Waals surface area contributed by atoms with Gasteiger partial charge in [-0.05, 0) is 10.3 Å². The van der Waals surface area contributed by atoms with Gasteiger partial charge in [-0.2, -0.15) is 0 Å². The van der Waals surface area contributed by atoms with Crippen LogP contribution in [0.5, 0.6) is 0 Å². The Balaban J connectivity index is 2.97. The Bertz CT molecular complexity index is 393. The molecule has 6 nitrogen and oxygen atoms in total. The maximum atomic E-state index is 10.7. The predicted octanol–water partition coefficient (Wildman–Crippen LogP) is 1.51. The van der Waals surface area contributed by atoms with E-state index < -0.39 is 11.0 Å². The summed E-state index contributed by atoms with van der Waals surface area (Å²) in [5, 5.41) is 20.6. The first-order chi connectivity index (χ1) is 7.23.